The van der Waals surface area contributed by atoms with Crippen LogP contribution in [0.2, 0.25) is 0 Å². The minimum atomic E-state index is -4.64. The van der Waals surface area contributed by atoms with Gasteiger partial charge < -0.3 is 14.7 Å². The monoisotopic (exact) mass is 268 g/mol. The third-order valence-electron chi connectivity index (χ3n) is 2.44. The van der Waals surface area contributed by atoms with E-state index < -0.39 is 7.82 Å². The van der Waals surface area contributed by atoms with Crippen LogP contribution in [-0.4, -0.2) is 45.6 Å². The molecule has 0 bridgehead atoms. The zero-order valence-electron chi connectivity index (χ0n) is 10.3. The third kappa shape index (κ3) is 7.11. The van der Waals surface area contributed by atoms with Crippen molar-refractivity contribution in [3.63, 3.8) is 0 Å². The van der Waals surface area contributed by atoms with Crippen LogP contribution in [0.15, 0.2) is 12.1 Å². The van der Waals surface area contributed by atoms with E-state index in [1.807, 2.05) is 19.1 Å². The van der Waals surface area contributed by atoms with Crippen LogP contribution in [0.5, 0.6) is 0 Å². The molecule has 0 radical (unpaired) electrons. The van der Waals surface area contributed by atoms with Crippen molar-refractivity contribution in [3.8, 4) is 0 Å². The number of hydrogen-bond acceptors (Lipinski definition) is 2. The fourth-order valence-electron chi connectivity index (χ4n) is 1.34. The van der Waals surface area contributed by atoms with Gasteiger partial charge in [0.25, 0.3) is 0 Å². The normalized spacial score (nSPS) is 10.6. The first-order chi connectivity index (χ1) is 7.54. The van der Waals surface area contributed by atoms with E-state index in [-0.39, 0.29) is 3.03 Å². The molecular formula is C10H14NaO5P. The Kier molecular flexibility index (Phi) is 6.81. The number of benzene rings is 1. The fraction of sp³-hybridized carbons (Fsp3) is 0.300. The summed E-state index contributed by atoms with van der Waals surface area (Å²) in [5.74, 6) is 0. The van der Waals surface area contributed by atoms with Crippen LogP contribution in [0, 0.1) is 20.8 Å². The van der Waals surface area contributed by atoms with Crippen molar-refractivity contribution in [1.29, 1.82) is 0 Å². The number of rotatable bonds is 1. The molecule has 0 aromatic heterocycles. The molecule has 0 aliphatic heterocycles. The molecular weight excluding hydrogens is 254 g/mol. The van der Waals surface area contributed by atoms with E-state index in [1.165, 1.54) is 11.1 Å². The Morgan fingerprint density at radius 3 is 1.88 bits per heavy atom. The van der Waals surface area contributed by atoms with Crippen molar-refractivity contribution in [2.45, 2.75) is 20.8 Å². The second-order valence-corrected chi connectivity index (χ2v) is 5.68. The molecule has 7 heteroatoms. The van der Waals surface area contributed by atoms with Gasteiger partial charge in [-0.25, -0.2) is 4.57 Å². The maximum absolute atomic E-state index is 11.2. The molecule has 0 aliphatic rings. The molecule has 5 nitrogen and oxygen atoms in total. The SMILES string of the molecule is Cc1ccc([C](=O)[Na])c(C)c1C.O=P(O)(O)O. The van der Waals surface area contributed by atoms with Crippen molar-refractivity contribution >= 4 is 38.8 Å². The summed E-state index contributed by atoms with van der Waals surface area (Å²) in [4.78, 5) is 32.8. The molecule has 1 rings (SSSR count). The zero-order valence-corrected chi connectivity index (χ0v) is 13.2. The van der Waals surface area contributed by atoms with Crippen LogP contribution in [0.4, 0.5) is 0 Å². The Hall–Kier alpha value is -0.000000000000000125. The van der Waals surface area contributed by atoms with Crippen LogP contribution < -0.4 is 0 Å². The van der Waals surface area contributed by atoms with Gasteiger partial charge in [-0.2, -0.15) is 0 Å². The van der Waals surface area contributed by atoms with Gasteiger partial charge in [-0.3, -0.25) is 0 Å². The van der Waals surface area contributed by atoms with Gasteiger partial charge in [-0.15, -0.1) is 0 Å². The summed E-state index contributed by atoms with van der Waals surface area (Å²) in [6, 6.07) is 3.96. The van der Waals surface area contributed by atoms with E-state index >= 15 is 0 Å². The summed E-state index contributed by atoms with van der Waals surface area (Å²) in [7, 11) is -4.64. The molecule has 0 saturated carbocycles. The second kappa shape index (κ2) is 6.81. The molecule has 3 N–H and O–H groups in total. The molecule has 1 aromatic carbocycles. The number of hydrogen-bond donors (Lipinski definition) is 3. The maximum atomic E-state index is 11.2. The first-order valence-electron chi connectivity index (χ1n) is 4.90. The average molecular weight is 268 g/mol. The third-order valence-corrected chi connectivity index (χ3v) is 2.98. The maximum Gasteiger partial charge on any atom is 0.466 e. The summed E-state index contributed by atoms with van der Waals surface area (Å²) in [6.07, 6.45) is 0. The van der Waals surface area contributed by atoms with Crippen molar-refractivity contribution in [3.05, 3.63) is 34.4 Å². The van der Waals surface area contributed by atoms with Crippen molar-refractivity contribution < 1.29 is 24.0 Å². The molecule has 0 saturated heterocycles. The van der Waals surface area contributed by atoms with E-state index in [4.69, 9.17) is 19.2 Å². The predicted molar refractivity (Wildman–Crippen MR) is 65.0 cm³/mol. The van der Waals surface area contributed by atoms with Gasteiger partial charge in [0.05, 0.1) is 0 Å². The fourth-order valence-corrected chi connectivity index (χ4v) is 1.88. The van der Waals surface area contributed by atoms with E-state index in [1.54, 1.807) is 0 Å². The van der Waals surface area contributed by atoms with Gasteiger partial charge in [0.2, 0.25) is 0 Å². The number of carbonyl (C=O) groups excluding carboxylic acids is 1. The van der Waals surface area contributed by atoms with Crippen LogP contribution in [0.25, 0.3) is 0 Å². The van der Waals surface area contributed by atoms with Gasteiger partial charge in [0.15, 0.2) is 0 Å². The molecule has 0 atom stereocenters. The van der Waals surface area contributed by atoms with E-state index in [2.05, 4.69) is 13.8 Å². The molecule has 0 heterocycles. The van der Waals surface area contributed by atoms with E-state index in [0.717, 1.165) is 11.1 Å². The number of carbonyl (C=O) groups is 1. The van der Waals surface area contributed by atoms with Crippen molar-refractivity contribution in [2.24, 2.45) is 0 Å². The Morgan fingerprint density at radius 2 is 1.53 bits per heavy atom. The first-order valence-corrected chi connectivity index (χ1v) is 7.46. The smallest absolute Gasteiger partial charge is 0.303 e. The largest absolute Gasteiger partial charge is 0.466 e. The summed E-state index contributed by atoms with van der Waals surface area (Å²) >= 11 is 0.612. The van der Waals surface area contributed by atoms with Gasteiger partial charge >= 0.3 is 98.7 Å². The Morgan fingerprint density at radius 1 is 1.12 bits per heavy atom. The Bertz CT molecular complexity index is 458. The van der Waals surface area contributed by atoms with Gasteiger partial charge in [-0.05, 0) is 0 Å². The van der Waals surface area contributed by atoms with Crippen molar-refractivity contribution in [1.82, 2.24) is 0 Å². The van der Waals surface area contributed by atoms with Crippen LogP contribution in [-0.2, 0) is 4.57 Å². The average Bonchev–Trinajstić information content (AvgIpc) is 2.11. The van der Waals surface area contributed by atoms with Crippen molar-refractivity contribution in [2.75, 3.05) is 0 Å². The zero-order chi connectivity index (χ0) is 13.8. The number of phosphoric acid groups is 1. The molecule has 0 amide bonds. The quantitative estimate of drug-likeness (QED) is 0.521. The summed E-state index contributed by atoms with van der Waals surface area (Å²) in [5, 5.41) is 0. The summed E-state index contributed by atoms with van der Waals surface area (Å²) < 4.78 is 9.17. The number of aryl methyl sites for hydroxylation is 1. The molecule has 1 aromatic rings. The van der Waals surface area contributed by atoms with Crippen LogP contribution in [0.1, 0.15) is 27.0 Å². The standard InChI is InChI=1S/C10H11O.Na.H3O4P/c1-7-4-5-10(6-11)9(3)8(7)2;;1-5(2,3)4/h4-5H,1-3H3;;(H3,1,2,3,4). The minimum Gasteiger partial charge on any atom is -0.303 e. The first kappa shape index (κ1) is 17.0. The van der Waals surface area contributed by atoms with E-state index in [0.29, 0.717) is 27.9 Å². The van der Waals surface area contributed by atoms with Gasteiger partial charge in [0.1, 0.15) is 0 Å². The predicted octanol–water partition coefficient (Wildman–Crippen LogP) is 0.992. The molecule has 0 spiro atoms. The van der Waals surface area contributed by atoms with Crippen LogP contribution >= 0.6 is 7.82 Å². The van der Waals surface area contributed by atoms with Gasteiger partial charge in [0, 0.05) is 0 Å². The second-order valence-electron chi connectivity index (χ2n) is 3.75. The minimum absolute atomic E-state index is 0.288. The van der Waals surface area contributed by atoms with Gasteiger partial charge in [-0.1, -0.05) is 0 Å². The summed E-state index contributed by atoms with van der Waals surface area (Å²) in [5.41, 5.74) is 4.57. The van der Waals surface area contributed by atoms with E-state index in [9.17, 15) is 4.79 Å². The molecule has 0 aliphatic carbocycles. The molecule has 0 unspecified atom stereocenters. The Labute approximate surface area is 118 Å². The topological polar surface area (TPSA) is 94.8 Å². The molecule has 90 valence electrons. The van der Waals surface area contributed by atoms with Crippen LogP contribution in [0.3, 0.4) is 0 Å². The summed E-state index contributed by atoms with van der Waals surface area (Å²) in [6.45, 7) is 6.16. The molecule has 0 fully saturated rings. The molecule has 17 heavy (non-hydrogen) atoms. The Balaban J connectivity index is 0.000000437.